The number of alkyl halides is 3. The average molecular weight is 299 g/mol. The molecule has 1 aromatic rings. The quantitative estimate of drug-likeness (QED) is 0.471. The zero-order chi connectivity index (χ0) is 14.7. The molecule has 1 rings (SSSR count). The molecule has 0 bridgehead atoms. The Morgan fingerprint density at radius 2 is 1.95 bits per heavy atom. The molecule has 19 heavy (non-hydrogen) atoms. The van der Waals surface area contributed by atoms with Crippen molar-refractivity contribution in [2.75, 3.05) is 6.61 Å². The van der Waals surface area contributed by atoms with Gasteiger partial charge in [0.05, 0.1) is 4.92 Å². The van der Waals surface area contributed by atoms with E-state index < -0.39 is 33.6 Å². The Labute approximate surface area is 106 Å². The SMILES string of the molecule is O=[N+]([O-])c1cccc(CS(=O)(=O)OCC(F)(F)F)c1. The summed E-state index contributed by atoms with van der Waals surface area (Å²) in [6, 6.07) is 4.55. The minimum Gasteiger partial charge on any atom is -0.260 e. The van der Waals surface area contributed by atoms with E-state index >= 15 is 0 Å². The fraction of sp³-hybridized carbons (Fsp3) is 0.333. The van der Waals surface area contributed by atoms with Gasteiger partial charge < -0.3 is 0 Å². The van der Waals surface area contributed by atoms with Crippen LogP contribution < -0.4 is 0 Å². The number of benzene rings is 1. The second-order valence-corrected chi connectivity index (χ2v) is 5.15. The smallest absolute Gasteiger partial charge is 0.260 e. The highest BCUT2D eigenvalue weighted by atomic mass is 32.2. The molecule has 0 N–H and O–H groups in total. The van der Waals surface area contributed by atoms with E-state index in [1.807, 2.05) is 0 Å². The number of nitrogens with zero attached hydrogens (tertiary/aromatic N) is 1. The first kappa shape index (κ1) is 15.4. The highest BCUT2D eigenvalue weighted by Gasteiger charge is 2.31. The lowest BCUT2D eigenvalue weighted by atomic mass is 10.2. The summed E-state index contributed by atoms with van der Waals surface area (Å²) in [5, 5.41) is 10.5. The zero-order valence-corrected chi connectivity index (χ0v) is 10.1. The van der Waals surface area contributed by atoms with Crippen molar-refractivity contribution in [3.05, 3.63) is 39.9 Å². The van der Waals surface area contributed by atoms with Crippen molar-refractivity contribution in [3.63, 3.8) is 0 Å². The van der Waals surface area contributed by atoms with Crippen LogP contribution in [0.15, 0.2) is 24.3 Å². The van der Waals surface area contributed by atoms with Crippen molar-refractivity contribution in [2.45, 2.75) is 11.9 Å². The third-order valence-electron chi connectivity index (χ3n) is 1.87. The lowest BCUT2D eigenvalue weighted by Crippen LogP contribution is -2.21. The molecule has 0 amide bonds. The standard InChI is InChI=1S/C9H8F3NO5S/c10-9(11,12)6-18-19(16,17)5-7-2-1-3-8(4-7)13(14)15/h1-4H,5-6H2. The van der Waals surface area contributed by atoms with E-state index in [1.165, 1.54) is 12.1 Å². The highest BCUT2D eigenvalue weighted by Crippen LogP contribution is 2.19. The molecule has 0 atom stereocenters. The number of halogens is 3. The molecule has 106 valence electrons. The van der Waals surface area contributed by atoms with E-state index in [-0.39, 0.29) is 11.3 Å². The van der Waals surface area contributed by atoms with Crippen molar-refractivity contribution >= 4 is 15.8 Å². The zero-order valence-electron chi connectivity index (χ0n) is 9.25. The highest BCUT2D eigenvalue weighted by molar-refractivity contribution is 7.85. The normalized spacial score (nSPS) is 12.4. The van der Waals surface area contributed by atoms with Crippen LogP contribution in [0.4, 0.5) is 18.9 Å². The van der Waals surface area contributed by atoms with Gasteiger partial charge in [-0.3, -0.25) is 14.3 Å². The van der Waals surface area contributed by atoms with Gasteiger partial charge in [-0.15, -0.1) is 0 Å². The number of non-ortho nitro benzene ring substituents is 1. The minimum absolute atomic E-state index is 0.0311. The molecular formula is C9H8F3NO5S. The van der Waals surface area contributed by atoms with E-state index in [2.05, 4.69) is 4.18 Å². The summed E-state index contributed by atoms with van der Waals surface area (Å²) in [4.78, 5) is 9.71. The average Bonchev–Trinajstić information content (AvgIpc) is 2.25. The van der Waals surface area contributed by atoms with Crippen LogP contribution in [0.3, 0.4) is 0 Å². The van der Waals surface area contributed by atoms with Crippen molar-refractivity contribution < 1.29 is 30.7 Å². The first-order chi connectivity index (χ1) is 8.59. The van der Waals surface area contributed by atoms with E-state index in [4.69, 9.17) is 0 Å². The molecule has 0 spiro atoms. The lowest BCUT2D eigenvalue weighted by molar-refractivity contribution is -0.384. The molecular weight excluding hydrogens is 291 g/mol. The van der Waals surface area contributed by atoms with Crippen molar-refractivity contribution in [1.82, 2.24) is 0 Å². The fourth-order valence-electron chi connectivity index (χ4n) is 1.16. The van der Waals surface area contributed by atoms with E-state index in [1.54, 1.807) is 0 Å². The van der Waals surface area contributed by atoms with Gasteiger partial charge in [0, 0.05) is 12.1 Å². The van der Waals surface area contributed by atoms with Crippen LogP contribution in [-0.2, 0) is 20.1 Å². The maximum absolute atomic E-state index is 11.8. The van der Waals surface area contributed by atoms with Gasteiger partial charge in [-0.1, -0.05) is 12.1 Å². The first-order valence-corrected chi connectivity index (χ1v) is 6.34. The number of hydrogen-bond donors (Lipinski definition) is 0. The van der Waals surface area contributed by atoms with Crippen LogP contribution in [0.2, 0.25) is 0 Å². The maximum Gasteiger partial charge on any atom is 0.413 e. The summed E-state index contributed by atoms with van der Waals surface area (Å²) < 4.78 is 61.7. The molecule has 0 heterocycles. The molecule has 0 aliphatic carbocycles. The van der Waals surface area contributed by atoms with Gasteiger partial charge in [-0.25, -0.2) is 0 Å². The second kappa shape index (κ2) is 5.53. The molecule has 0 saturated carbocycles. The third kappa shape index (κ3) is 5.66. The van der Waals surface area contributed by atoms with E-state index in [0.29, 0.717) is 0 Å². The summed E-state index contributed by atoms with van der Waals surface area (Å²) in [6.07, 6.45) is -4.77. The maximum atomic E-state index is 11.8. The van der Waals surface area contributed by atoms with Crippen molar-refractivity contribution in [2.24, 2.45) is 0 Å². The van der Waals surface area contributed by atoms with Crippen LogP contribution in [0.25, 0.3) is 0 Å². The molecule has 0 aliphatic heterocycles. The summed E-state index contributed by atoms with van der Waals surface area (Å²) >= 11 is 0. The van der Waals surface area contributed by atoms with Crippen molar-refractivity contribution in [3.8, 4) is 0 Å². The summed E-state index contributed by atoms with van der Waals surface area (Å²) in [5.74, 6) is -0.870. The van der Waals surface area contributed by atoms with Gasteiger partial charge in [-0.2, -0.15) is 21.6 Å². The Hall–Kier alpha value is -1.68. The lowest BCUT2D eigenvalue weighted by Gasteiger charge is -2.08. The largest absolute Gasteiger partial charge is 0.413 e. The van der Waals surface area contributed by atoms with E-state index in [9.17, 15) is 31.7 Å². The van der Waals surface area contributed by atoms with Crippen LogP contribution in [0.1, 0.15) is 5.56 Å². The molecule has 1 aromatic carbocycles. The predicted octanol–water partition coefficient (Wildman–Crippen LogP) is 2.00. The van der Waals surface area contributed by atoms with Crippen LogP contribution in [0.5, 0.6) is 0 Å². The fourth-order valence-corrected chi connectivity index (χ4v) is 2.15. The van der Waals surface area contributed by atoms with Crippen LogP contribution in [-0.4, -0.2) is 26.1 Å². The molecule has 0 unspecified atom stereocenters. The second-order valence-electron chi connectivity index (χ2n) is 3.51. The predicted molar refractivity (Wildman–Crippen MR) is 57.7 cm³/mol. The van der Waals surface area contributed by atoms with Crippen LogP contribution in [0, 0.1) is 10.1 Å². The van der Waals surface area contributed by atoms with Gasteiger partial charge >= 0.3 is 6.18 Å². The van der Waals surface area contributed by atoms with Gasteiger partial charge in [0.25, 0.3) is 15.8 Å². The molecule has 0 aromatic heterocycles. The molecule has 0 radical (unpaired) electrons. The Balaban J connectivity index is 2.78. The molecule has 10 heteroatoms. The molecule has 0 saturated heterocycles. The van der Waals surface area contributed by atoms with Gasteiger partial charge in [0.15, 0.2) is 6.61 Å². The minimum atomic E-state index is -4.77. The number of nitro benzene ring substituents is 1. The number of nitro groups is 1. The molecule has 0 fully saturated rings. The Bertz CT molecular complexity index is 569. The molecule has 6 nitrogen and oxygen atoms in total. The first-order valence-electron chi connectivity index (χ1n) is 4.76. The van der Waals surface area contributed by atoms with Gasteiger partial charge in [-0.05, 0) is 5.56 Å². The van der Waals surface area contributed by atoms with Crippen molar-refractivity contribution in [1.29, 1.82) is 0 Å². The number of hydrogen-bond acceptors (Lipinski definition) is 5. The Morgan fingerprint density at radius 1 is 1.32 bits per heavy atom. The summed E-state index contributed by atoms with van der Waals surface area (Å²) in [5.41, 5.74) is -0.389. The Kier molecular flexibility index (Phi) is 4.48. The summed E-state index contributed by atoms with van der Waals surface area (Å²) in [6.45, 7) is -1.93. The van der Waals surface area contributed by atoms with Gasteiger partial charge in [0.2, 0.25) is 0 Å². The van der Waals surface area contributed by atoms with E-state index in [0.717, 1.165) is 12.1 Å². The third-order valence-corrected chi connectivity index (χ3v) is 3.03. The topological polar surface area (TPSA) is 86.5 Å². The molecule has 0 aliphatic rings. The monoisotopic (exact) mass is 299 g/mol. The Morgan fingerprint density at radius 3 is 2.47 bits per heavy atom. The summed E-state index contributed by atoms with van der Waals surface area (Å²) in [7, 11) is -4.45. The van der Waals surface area contributed by atoms with Crippen LogP contribution >= 0.6 is 0 Å². The van der Waals surface area contributed by atoms with Gasteiger partial charge in [0.1, 0.15) is 5.75 Å². The number of rotatable bonds is 5.